The second kappa shape index (κ2) is 8.07. The number of nitrogens with zero attached hydrogens (tertiary/aromatic N) is 2. The predicted molar refractivity (Wildman–Crippen MR) is 102 cm³/mol. The molecule has 0 N–H and O–H groups in total. The van der Waals surface area contributed by atoms with Crippen LogP contribution in [0, 0.1) is 17.0 Å². The van der Waals surface area contributed by atoms with Crippen LogP contribution in [0.2, 0.25) is 0 Å². The number of carbonyl (C=O) groups excluding carboxylic acids is 1. The number of esters is 1. The molecule has 2 aromatic rings. The molecule has 1 fully saturated rings. The Kier molecular flexibility index (Phi) is 5.76. The van der Waals surface area contributed by atoms with Crippen LogP contribution in [0.3, 0.4) is 0 Å². The Morgan fingerprint density at radius 2 is 1.71 bits per heavy atom. The fourth-order valence-corrected chi connectivity index (χ4v) is 4.82. The van der Waals surface area contributed by atoms with Crippen molar-refractivity contribution >= 4 is 21.7 Å². The third kappa shape index (κ3) is 4.20. The molecule has 3 rings (SSSR count). The van der Waals surface area contributed by atoms with Crippen molar-refractivity contribution in [2.24, 2.45) is 0 Å². The van der Waals surface area contributed by atoms with E-state index in [9.17, 15) is 23.3 Å². The van der Waals surface area contributed by atoms with Crippen molar-refractivity contribution < 1.29 is 22.9 Å². The number of benzene rings is 2. The number of nitro groups is 1. The first kappa shape index (κ1) is 20.0. The summed E-state index contributed by atoms with van der Waals surface area (Å²) in [5.74, 6) is -0.597. The van der Waals surface area contributed by atoms with E-state index < -0.39 is 20.9 Å². The molecule has 1 aliphatic heterocycles. The second-order valence-corrected chi connectivity index (χ2v) is 8.49. The van der Waals surface area contributed by atoms with Gasteiger partial charge in [-0.25, -0.2) is 13.2 Å². The number of ether oxygens (including phenoxy) is 1. The summed E-state index contributed by atoms with van der Waals surface area (Å²) in [6, 6.07) is 9.48. The van der Waals surface area contributed by atoms with Gasteiger partial charge in [-0.1, -0.05) is 12.5 Å². The molecular weight excluding hydrogens is 384 g/mol. The first-order valence-corrected chi connectivity index (χ1v) is 10.3. The Hall–Kier alpha value is -2.78. The second-order valence-electron chi connectivity index (χ2n) is 6.59. The first-order valence-electron chi connectivity index (χ1n) is 8.86. The van der Waals surface area contributed by atoms with Crippen LogP contribution in [0.5, 0.6) is 5.75 Å². The zero-order valence-electron chi connectivity index (χ0n) is 15.3. The van der Waals surface area contributed by atoms with Crippen LogP contribution in [0.1, 0.15) is 35.2 Å². The largest absolute Gasteiger partial charge is 0.423 e. The minimum absolute atomic E-state index is 0.0903. The van der Waals surface area contributed by atoms with Crippen molar-refractivity contribution in [3.63, 3.8) is 0 Å². The highest BCUT2D eigenvalue weighted by molar-refractivity contribution is 7.89. The molecule has 0 aliphatic carbocycles. The average Bonchev–Trinajstić information content (AvgIpc) is 2.69. The summed E-state index contributed by atoms with van der Waals surface area (Å²) in [6.07, 6.45) is 2.65. The normalized spacial score (nSPS) is 15.2. The van der Waals surface area contributed by atoms with Crippen molar-refractivity contribution in [1.82, 2.24) is 4.31 Å². The zero-order valence-corrected chi connectivity index (χ0v) is 16.1. The van der Waals surface area contributed by atoms with Gasteiger partial charge >= 0.3 is 5.97 Å². The molecule has 0 bridgehead atoms. The topological polar surface area (TPSA) is 107 Å². The lowest BCUT2D eigenvalue weighted by molar-refractivity contribution is -0.384. The molecule has 2 aromatic carbocycles. The molecule has 0 unspecified atom stereocenters. The SMILES string of the molecule is Cc1ccc(C(=O)Oc2ccc([N+](=O)[O-])cc2)cc1S(=O)(=O)N1CCCCC1. The third-order valence-electron chi connectivity index (χ3n) is 4.61. The maximum absolute atomic E-state index is 13.0. The van der Waals surface area contributed by atoms with Crippen LogP contribution >= 0.6 is 0 Å². The smallest absolute Gasteiger partial charge is 0.343 e. The summed E-state index contributed by atoms with van der Waals surface area (Å²) in [6.45, 7) is 2.63. The predicted octanol–water partition coefficient (Wildman–Crippen LogP) is 3.30. The fourth-order valence-electron chi connectivity index (χ4n) is 3.05. The van der Waals surface area contributed by atoms with Crippen LogP contribution in [-0.4, -0.2) is 36.7 Å². The number of hydrogen-bond donors (Lipinski definition) is 0. The van der Waals surface area contributed by atoms with E-state index in [4.69, 9.17) is 4.74 Å². The van der Waals surface area contributed by atoms with E-state index in [2.05, 4.69) is 0 Å². The van der Waals surface area contributed by atoms with Crippen molar-refractivity contribution in [1.29, 1.82) is 0 Å². The fraction of sp³-hybridized carbons (Fsp3) is 0.316. The number of rotatable bonds is 5. The van der Waals surface area contributed by atoms with E-state index in [1.165, 1.54) is 40.7 Å². The third-order valence-corrected chi connectivity index (χ3v) is 6.66. The van der Waals surface area contributed by atoms with Crippen LogP contribution in [-0.2, 0) is 10.0 Å². The molecule has 9 heteroatoms. The van der Waals surface area contributed by atoms with Crippen molar-refractivity contribution in [3.8, 4) is 5.75 Å². The molecular formula is C19H20N2O6S. The van der Waals surface area contributed by atoms with Gasteiger partial charge in [-0.05, 0) is 49.6 Å². The van der Waals surface area contributed by atoms with Gasteiger partial charge in [-0.2, -0.15) is 4.31 Å². The number of non-ortho nitro benzene ring substituents is 1. The van der Waals surface area contributed by atoms with Crippen LogP contribution in [0.4, 0.5) is 5.69 Å². The van der Waals surface area contributed by atoms with E-state index in [0.717, 1.165) is 19.3 Å². The molecule has 148 valence electrons. The van der Waals surface area contributed by atoms with Gasteiger partial charge in [0.15, 0.2) is 0 Å². The molecule has 0 atom stereocenters. The molecule has 1 heterocycles. The lowest BCUT2D eigenvalue weighted by Crippen LogP contribution is -2.36. The van der Waals surface area contributed by atoms with Gasteiger partial charge in [0.05, 0.1) is 15.4 Å². The van der Waals surface area contributed by atoms with Crippen molar-refractivity contribution in [3.05, 3.63) is 63.7 Å². The van der Waals surface area contributed by atoms with Crippen molar-refractivity contribution in [2.45, 2.75) is 31.1 Å². The van der Waals surface area contributed by atoms with Gasteiger partial charge in [0, 0.05) is 25.2 Å². The van der Waals surface area contributed by atoms with E-state index in [-0.39, 0.29) is 21.9 Å². The Morgan fingerprint density at radius 3 is 2.32 bits per heavy atom. The molecule has 0 amide bonds. The van der Waals surface area contributed by atoms with E-state index in [0.29, 0.717) is 18.7 Å². The number of aryl methyl sites for hydroxylation is 1. The summed E-state index contributed by atoms with van der Waals surface area (Å²) in [7, 11) is -3.69. The standard InChI is InChI=1S/C19H20N2O6S/c1-14-5-6-15(13-18(14)28(25,26)20-11-3-2-4-12-20)19(22)27-17-9-7-16(8-10-17)21(23)24/h5-10,13H,2-4,11-12H2,1H3. The van der Waals surface area contributed by atoms with E-state index in [1.807, 2.05) is 0 Å². The summed E-state index contributed by atoms with van der Waals surface area (Å²) in [5.41, 5.74) is 0.530. The number of sulfonamides is 1. The highest BCUT2D eigenvalue weighted by Crippen LogP contribution is 2.25. The number of piperidine rings is 1. The van der Waals surface area contributed by atoms with E-state index >= 15 is 0 Å². The van der Waals surface area contributed by atoms with E-state index in [1.54, 1.807) is 13.0 Å². The van der Waals surface area contributed by atoms with Gasteiger partial charge < -0.3 is 4.74 Å². The van der Waals surface area contributed by atoms with Gasteiger partial charge in [0.2, 0.25) is 10.0 Å². The maximum atomic E-state index is 13.0. The monoisotopic (exact) mass is 404 g/mol. The van der Waals surface area contributed by atoms with Gasteiger partial charge in [-0.15, -0.1) is 0 Å². The van der Waals surface area contributed by atoms with Gasteiger partial charge in [0.25, 0.3) is 5.69 Å². The average molecular weight is 404 g/mol. The minimum Gasteiger partial charge on any atom is -0.423 e. The molecule has 8 nitrogen and oxygen atoms in total. The lowest BCUT2D eigenvalue weighted by Gasteiger charge is -2.26. The van der Waals surface area contributed by atoms with Crippen molar-refractivity contribution in [2.75, 3.05) is 13.1 Å². The number of hydrogen-bond acceptors (Lipinski definition) is 6. The summed E-state index contributed by atoms with van der Waals surface area (Å²) >= 11 is 0. The lowest BCUT2D eigenvalue weighted by atomic mass is 10.1. The number of nitro benzene ring substituents is 1. The van der Waals surface area contributed by atoms with Gasteiger partial charge in [0.1, 0.15) is 5.75 Å². The first-order chi connectivity index (χ1) is 13.3. The summed E-state index contributed by atoms with van der Waals surface area (Å²) < 4.78 is 32.6. The number of carbonyl (C=O) groups is 1. The maximum Gasteiger partial charge on any atom is 0.343 e. The molecule has 0 aromatic heterocycles. The molecule has 28 heavy (non-hydrogen) atoms. The Morgan fingerprint density at radius 1 is 1.07 bits per heavy atom. The Labute approximate surface area is 162 Å². The Bertz CT molecular complexity index is 996. The summed E-state index contributed by atoms with van der Waals surface area (Å²) in [4.78, 5) is 22.7. The molecule has 0 spiro atoms. The van der Waals surface area contributed by atoms with Gasteiger partial charge in [-0.3, -0.25) is 10.1 Å². The molecule has 1 aliphatic rings. The van der Waals surface area contributed by atoms with Crippen LogP contribution in [0.15, 0.2) is 47.4 Å². The van der Waals surface area contributed by atoms with Crippen LogP contribution in [0.25, 0.3) is 0 Å². The molecule has 0 radical (unpaired) electrons. The molecule has 1 saturated heterocycles. The Balaban J connectivity index is 1.83. The minimum atomic E-state index is -3.69. The quantitative estimate of drug-likeness (QED) is 0.328. The zero-order chi connectivity index (χ0) is 20.3. The van der Waals surface area contributed by atoms with Crippen LogP contribution < -0.4 is 4.74 Å². The molecule has 0 saturated carbocycles. The summed E-state index contributed by atoms with van der Waals surface area (Å²) in [5, 5.41) is 10.7. The highest BCUT2D eigenvalue weighted by Gasteiger charge is 2.28. The highest BCUT2D eigenvalue weighted by atomic mass is 32.2.